The highest BCUT2D eigenvalue weighted by molar-refractivity contribution is 5.73. The molecule has 8 heteroatoms. The first-order valence-corrected chi connectivity index (χ1v) is 4.76. The number of hydrogen-bond donors (Lipinski definition) is 1. The van der Waals surface area contributed by atoms with E-state index < -0.39 is 35.4 Å². The maximum atomic E-state index is 12.2. The van der Waals surface area contributed by atoms with Crippen molar-refractivity contribution in [1.82, 2.24) is 0 Å². The van der Waals surface area contributed by atoms with Gasteiger partial charge in [-0.05, 0) is 12.5 Å². The number of nitro groups is 1. The number of halogens is 2. The van der Waals surface area contributed by atoms with E-state index in [-0.39, 0.29) is 11.1 Å². The van der Waals surface area contributed by atoms with Crippen LogP contribution in [0.25, 0.3) is 0 Å². The Morgan fingerprint density at radius 2 is 2.17 bits per heavy atom. The molecular weight excluding hydrogens is 252 g/mol. The SMILES string of the molecule is Cc1ccc(CC(=O)O)c([N+](=O)[O-])c1OC(F)F. The molecule has 98 valence electrons. The minimum absolute atomic E-state index is 0.135. The lowest BCUT2D eigenvalue weighted by Crippen LogP contribution is -2.10. The zero-order valence-electron chi connectivity index (χ0n) is 9.22. The molecular formula is C10H9F2NO5. The third-order valence-electron chi connectivity index (χ3n) is 2.14. The highest BCUT2D eigenvalue weighted by Gasteiger charge is 2.26. The molecule has 0 atom stereocenters. The van der Waals surface area contributed by atoms with Gasteiger partial charge < -0.3 is 9.84 Å². The van der Waals surface area contributed by atoms with Crippen LogP contribution in [-0.4, -0.2) is 22.6 Å². The van der Waals surface area contributed by atoms with Gasteiger partial charge >= 0.3 is 18.3 Å². The Balaban J connectivity index is 3.37. The summed E-state index contributed by atoms with van der Waals surface area (Å²) in [6, 6.07) is 2.50. The van der Waals surface area contributed by atoms with Gasteiger partial charge in [-0.3, -0.25) is 14.9 Å². The molecule has 1 rings (SSSR count). The fourth-order valence-electron chi connectivity index (χ4n) is 1.46. The van der Waals surface area contributed by atoms with Crippen molar-refractivity contribution in [2.75, 3.05) is 0 Å². The fraction of sp³-hybridized carbons (Fsp3) is 0.300. The van der Waals surface area contributed by atoms with E-state index >= 15 is 0 Å². The quantitative estimate of drug-likeness (QED) is 0.647. The molecule has 0 saturated heterocycles. The second kappa shape index (κ2) is 5.39. The number of nitrogens with zero attached hydrogens (tertiary/aromatic N) is 1. The third-order valence-corrected chi connectivity index (χ3v) is 2.14. The van der Waals surface area contributed by atoms with Crippen LogP contribution in [0.15, 0.2) is 12.1 Å². The van der Waals surface area contributed by atoms with E-state index in [1.165, 1.54) is 19.1 Å². The molecule has 0 fully saturated rings. The first-order valence-electron chi connectivity index (χ1n) is 4.76. The number of ether oxygens (including phenoxy) is 1. The van der Waals surface area contributed by atoms with E-state index in [1.54, 1.807) is 0 Å². The summed E-state index contributed by atoms with van der Waals surface area (Å²) in [6.07, 6.45) is -0.643. The summed E-state index contributed by atoms with van der Waals surface area (Å²) in [5.41, 5.74) is -0.789. The van der Waals surface area contributed by atoms with Gasteiger partial charge in [-0.2, -0.15) is 8.78 Å². The van der Waals surface area contributed by atoms with Gasteiger partial charge in [0.2, 0.25) is 5.75 Å². The Labute approximate surface area is 99.9 Å². The number of hydrogen-bond acceptors (Lipinski definition) is 4. The fourth-order valence-corrected chi connectivity index (χ4v) is 1.46. The number of carbonyl (C=O) groups is 1. The lowest BCUT2D eigenvalue weighted by atomic mass is 10.1. The Hall–Kier alpha value is -2.25. The molecule has 0 unspecified atom stereocenters. The van der Waals surface area contributed by atoms with E-state index in [0.29, 0.717) is 0 Å². The summed E-state index contributed by atoms with van der Waals surface area (Å²) in [6.45, 7) is -1.86. The predicted molar refractivity (Wildman–Crippen MR) is 55.8 cm³/mol. The molecule has 0 bridgehead atoms. The van der Waals surface area contributed by atoms with Gasteiger partial charge in [0.1, 0.15) is 0 Å². The van der Waals surface area contributed by atoms with Crippen LogP contribution in [0, 0.1) is 17.0 Å². The largest absolute Gasteiger partial charge is 0.481 e. The number of carboxylic acids is 1. The van der Waals surface area contributed by atoms with E-state index in [2.05, 4.69) is 4.74 Å². The smallest absolute Gasteiger partial charge is 0.387 e. The number of benzene rings is 1. The second-order valence-electron chi connectivity index (χ2n) is 3.43. The van der Waals surface area contributed by atoms with Gasteiger partial charge in [0.15, 0.2) is 0 Å². The predicted octanol–water partition coefficient (Wildman–Crippen LogP) is 2.13. The highest BCUT2D eigenvalue weighted by Crippen LogP contribution is 2.35. The van der Waals surface area contributed by atoms with Crippen molar-refractivity contribution in [3.63, 3.8) is 0 Å². The van der Waals surface area contributed by atoms with Gasteiger partial charge in [0.25, 0.3) is 0 Å². The molecule has 0 heterocycles. The molecule has 18 heavy (non-hydrogen) atoms. The van der Waals surface area contributed by atoms with Crippen LogP contribution in [-0.2, 0) is 11.2 Å². The van der Waals surface area contributed by atoms with Gasteiger partial charge in [-0.15, -0.1) is 0 Å². The van der Waals surface area contributed by atoms with Crippen LogP contribution in [0.4, 0.5) is 14.5 Å². The number of alkyl halides is 2. The molecule has 0 aliphatic carbocycles. The zero-order valence-corrected chi connectivity index (χ0v) is 9.22. The summed E-state index contributed by atoms with van der Waals surface area (Å²) < 4.78 is 28.4. The molecule has 0 aliphatic heterocycles. The number of aliphatic carboxylic acids is 1. The topological polar surface area (TPSA) is 89.7 Å². The summed E-state index contributed by atoms with van der Waals surface area (Å²) in [7, 11) is 0. The van der Waals surface area contributed by atoms with Crippen LogP contribution in [0.1, 0.15) is 11.1 Å². The maximum absolute atomic E-state index is 12.2. The van der Waals surface area contributed by atoms with Gasteiger partial charge in [-0.1, -0.05) is 12.1 Å². The second-order valence-corrected chi connectivity index (χ2v) is 3.43. The first-order chi connectivity index (χ1) is 8.32. The van der Waals surface area contributed by atoms with E-state index in [0.717, 1.165) is 0 Å². The van der Waals surface area contributed by atoms with Crippen molar-refractivity contribution in [3.05, 3.63) is 33.4 Å². The molecule has 0 saturated carbocycles. The van der Waals surface area contributed by atoms with Crippen LogP contribution in [0.2, 0.25) is 0 Å². The lowest BCUT2D eigenvalue weighted by molar-refractivity contribution is -0.387. The number of rotatable bonds is 5. The minimum Gasteiger partial charge on any atom is -0.481 e. The number of carboxylic acid groups (broad SMARTS) is 1. The first kappa shape index (κ1) is 13.8. The van der Waals surface area contributed by atoms with Crippen LogP contribution >= 0.6 is 0 Å². The van der Waals surface area contributed by atoms with Crippen molar-refractivity contribution in [2.45, 2.75) is 20.0 Å². The summed E-state index contributed by atoms with van der Waals surface area (Å²) in [5, 5.41) is 19.4. The molecule has 0 amide bonds. The van der Waals surface area contributed by atoms with Crippen LogP contribution < -0.4 is 4.74 Å². The van der Waals surface area contributed by atoms with Gasteiger partial charge in [-0.25, -0.2) is 0 Å². The zero-order chi connectivity index (χ0) is 13.9. The van der Waals surface area contributed by atoms with Crippen molar-refractivity contribution in [1.29, 1.82) is 0 Å². The van der Waals surface area contributed by atoms with Crippen molar-refractivity contribution in [2.24, 2.45) is 0 Å². The van der Waals surface area contributed by atoms with Crippen molar-refractivity contribution < 1.29 is 28.3 Å². The summed E-state index contributed by atoms with van der Waals surface area (Å²) in [4.78, 5) is 20.5. The molecule has 1 aromatic rings. The molecule has 0 aliphatic rings. The number of nitro benzene ring substituents is 1. The maximum Gasteiger partial charge on any atom is 0.387 e. The summed E-state index contributed by atoms with van der Waals surface area (Å²) in [5.74, 6) is -1.90. The Bertz CT molecular complexity index is 489. The standard InChI is InChI=1S/C10H9F2NO5/c1-5-2-3-6(4-7(14)15)8(13(16)17)9(5)18-10(11)12/h2-3,10H,4H2,1H3,(H,14,15). The molecule has 0 radical (unpaired) electrons. The van der Waals surface area contributed by atoms with E-state index in [9.17, 15) is 23.7 Å². The Morgan fingerprint density at radius 3 is 2.61 bits per heavy atom. The molecule has 0 aromatic heterocycles. The minimum atomic E-state index is -3.22. The molecule has 1 aromatic carbocycles. The van der Waals surface area contributed by atoms with Gasteiger partial charge in [0.05, 0.1) is 11.3 Å². The van der Waals surface area contributed by atoms with Crippen molar-refractivity contribution >= 4 is 11.7 Å². The van der Waals surface area contributed by atoms with E-state index in [4.69, 9.17) is 5.11 Å². The van der Waals surface area contributed by atoms with E-state index in [1.807, 2.05) is 0 Å². The average molecular weight is 261 g/mol. The highest BCUT2D eigenvalue weighted by atomic mass is 19.3. The lowest BCUT2D eigenvalue weighted by Gasteiger charge is -2.10. The average Bonchev–Trinajstić information content (AvgIpc) is 2.21. The Kier molecular flexibility index (Phi) is 4.13. The molecule has 6 nitrogen and oxygen atoms in total. The van der Waals surface area contributed by atoms with Crippen LogP contribution in [0.5, 0.6) is 5.75 Å². The molecule has 1 N–H and O–H groups in total. The third kappa shape index (κ3) is 3.12. The normalized spacial score (nSPS) is 10.4. The monoisotopic (exact) mass is 261 g/mol. The Morgan fingerprint density at radius 1 is 1.56 bits per heavy atom. The van der Waals surface area contributed by atoms with Crippen LogP contribution in [0.3, 0.4) is 0 Å². The van der Waals surface area contributed by atoms with Gasteiger partial charge in [0, 0.05) is 5.56 Å². The number of aryl methyl sites for hydroxylation is 1. The van der Waals surface area contributed by atoms with Crippen molar-refractivity contribution in [3.8, 4) is 5.75 Å². The summed E-state index contributed by atoms with van der Waals surface area (Å²) >= 11 is 0. The molecule has 0 spiro atoms.